The number of ether oxygens (including phenoxy) is 1. The fourth-order valence-electron chi connectivity index (χ4n) is 3.38. The molecule has 0 aliphatic carbocycles. The van der Waals surface area contributed by atoms with Gasteiger partial charge in [-0.3, -0.25) is 10.1 Å². The van der Waals surface area contributed by atoms with E-state index in [0.717, 1.165) is 21.9 Å². The summed E-state index contributed by atoms with van der Waals surface area (Å²) in [5, 5.41) is 23.4. The van der Waals surface area contributed by atoms with Gasteiger partial charge in [0.2, 0.25) is 0 Å². The third kappa shape index (κ3) is 4.61. The van der Waals surface area contributed by atoms with Crippen LogP contribution in [0.5, 0.6) is 5.75 Å². The molecule has 0 aliphatic rings. The highest BCUT2D eigenvalue weighted by Crippen LogP contribution is 2.33. The monoisotopic (exact) mass is 440 g/mol. The van der Waals surface area contributed by atoms with E-state index in [1.807, 2.05) is 60.7 Å². The third-order valence-corrected chi connectivity index (χ3v) is 5.29. The summed E-state index contributed by atoms with van der Waals surface area (Å²) in [5.41, 5.74) is 2.69. The quantitative estimate of drug-likeness (QED) is 0.139. The number of nitro groups is 1. The Morgan fingerprint density at radius 1 is 1.00 bits per heavy atom. The summed E-state index contributed by atoms with van der Waals surface area (Å²) in [6, 6.07) is 27.3. The Labute approximate surface area is 189 Å². The number of nitrogens with zero attached hydrogens (tertiary/aromatic N) is 2. The van der Waals surface area contributed by atoms with Crippen molar-refractivity contribution >= 4 is 39.7 Å². The molecule has 4 rings (SSSR count). The van der Waals surface area contributed by atoms with Gasteiger partial charge in [0.05, 0.1) is 16.6 Å². The van der Waals surface area contributed by atoms with Crippen molar-refractivity contribution < 1.29 is 9.66 Å². The van der Waals surface area contributed by atoms with Crippen LogP contribution in [-0.2, 0) is 6.61 Å². The van der Waals surface area contributed by atoms with Crippen molar-refractivity contribution in [2.24, 2.45) is 0 Å². The van der Waals surface area contributed by atoms with E-state index in [1.54, 1.807) is 18.2 Å². The Morgan fingerprint density at radius 2 is 1.72 bits per heavy atom. The topological polar surface area (TPSA) is 76.2 Å². The van der Waals surface area contributed by atoms with E-state index >= 15 is 0 Å². The lowest BCUT2D eigenvalue weighted by Crippen LogP contribution is -1.98. The standard InChI is InChI=1S/C26H17ClN2O3/c27-22-10-5-18(6-11-22)17-32-26-14-9-20-3-1-2-4-24(20)25(26)15-21(16-28)19-7-12-23(13-8-19)29(30)31/h1-15H,17H2/b21-15-. The van der Waals surface area contributed by atoms with E-state index < -0.39 is 4.92 Å². The number of nitriles is 1. The maximum absolute atomic E-state index is 10.9. The Hall–Kier alpha value is -4.14. The minimum absolute atomic E-state index is 0.0248. The lowest BCUT2D eigenvalue weighted by Gasteiger charge is -2.13. The van der Waals surface area contributed by atoms with Gasteiger partial charge in [-0.25, -0.2) is 0 Å². The van der Waals surface area contributed by atoms with Crippen molar-refractivity contribution in [1.29, 1.82) is 5.26 Å². The second-order valence-corrected chi connectivity index (χ2v) is 7.52. The first-order valence-electron chi connectivity index (χ1n) is 9.81. The summed E-state index contributed by atoms with van der Waals surface area (Å²) in [4.78, 5) is 10.5. The molecule has 0 fully saturated rings. The fourth-order valence-corrected chi connectivity index (χ4v) is 3.51. The Morgan fingerprint density at radius 3 is 2.41 bits per heavy atom. The van der Waals surface area contributed by atoms with Crippen molar-refractivity contribution in [1.82, 2.24) is 0 Å². The molecule has 0 bridgehead atoms. The maximum Gasteiger partial charge on any atom is 0.269 e. The molecule has 0 atom stereocenters. The summed E-state index contributed by atoms with van der Waals surface area (Å²) in [7, 11) is 0. The van der Waals surface area contributed by atoms with Crippen LogP contribution in [0, 0.1) is 21.4 Å². The van der Waals surface area contributed by atoms with E-state index in [2.05, 4.69) is 6.07 Å². The summed E-state index contributed by atoms with van der Waals surface area (Å²) in [6.45, 7) is 0.343. The predicted octanol–water partition coefficient (Wildman–Crippen LogP) is 7.04. The smallest absolute Gasteiger partial charge is 0.269 e. The average Bonchev–Trinajstić information content (AvgIpc) is 2.82. The van der Waals surface area contributed by atoms with Gasteiger partial charge in [0, 0.05) is 22.7 Å². The Bertz CT molecular complexity index is 1350. The first-order valence-corrected chi connectivity index (χ1v) is 10.2. The molecule has 0 saturated carbocycles. The number of hydrogen-bond acceptors (Lipinski definition) is 4. The zero-order valence-corrected chi connectivity index (χ0v) is 17.6. The minimum Gasteiger partial charge on any atom is -0.488 e. The molecule has 156 valence electrons. The highest BCUT2D eigenvalue weighted by atomic mass is 35.5. The predicted molar refractivity (Wildman–Crippen MR) is 126 cm³/mol. The van der Waals surface area contributed by atoms with Crippen LogP contribution >= 0.6 is 11.6 Å². The van der Waals surface area contributed by atoms with E-state index in [-0.39, 0.29) is 5.69 Å². The van der Waals surface area contributed by atoms with E-state index in [0.29, 0.717) is 28.5 Å². The molecule has 0 aromatic heterocycles. The van der Waals surface area contributed by atoms with Crippen molar-refractivity contribution in [3.05, 3.63) is 117 Å². The number of rotatable bonds is 6. The van der Waals surface area contributed by atoms with Crippen molar-refractivity contribution in [3.8, 4) is 11.8 Å². The average molecular weight is 441 g/mol. The molecule has 0 unspecified atom stereocenters. The number of fused-ring (bicyclic) bond motifs is 1. The molecule has 0 aliphatic heterocycles. The van der Waals surface area contributed by atoms with E-state index in [1.165, 1.54) is 12.1 Å². The lowest BCUT2D eigenvalue weighted by atomic mass is 9.98. The molecule has 32 heavy (non-hydrogen) atoms. The van der Waals surface area contributed by atoms with Gasteiger partial charge in [0.25, 0.3) is 5.69 Å². The first-order chi connectivity index (χ1) is 15.5. The van der Waals surface area contributed by atoms with Crippen LogP contribution in [0.2, 0.25) is 5.02 Å². The number of halogens is 1. The largest absolute Gasteiger partial charge is 0.488 e. The highest BCUT2D eigenvalue weighted by molar-refractivity contribution is 6.30. The summed E-state index contributed by atoms with van der Waals surface area (Å²) in [6.07, 6.45) is 1.76. The molecule has 4 aromatic rings. The van der Waals surface area contributed by atoms with E-state index in [4.69, 9.17) is 16.3 Å². The normalized spacial score (nSPS) is 11.2. The first kappa shape index (κ1) is 21.1. The molecule has 0 amide bonds. The van der Waals surface area contributed by atoms with Gasteiger partial charge in [-0.2, -0.15) is 5.26 Å². The molecule has 0 N–H and O–H groups in total. The Balaban J connectivity index is 1.76. The number of benzene rings is 4. The fraction of sp³-hybridized carbons (Fsp3) is 0.0385. The van der Waals surface area contributed by atoms with Crippen LogP contribution < -0.4 is 4.74 Å². The number of nitro benzene ring substituents is 1. The maximum atomic E-state index is 10.9. The highest BCUT2D eigenvalue weighted by Gasteiger charge is 2.12. The van der Waals surface area contributed by atoms with Crippen LogP contribution in [0.4, 0.5) is 5.69 Å². The molecule has 0 heterocycles. The molecule has 4 aromatic carbocycles. The van der Waals surface area contributed by atoms with Crippen LogP contribution in [0.15, 0.2) is 84.9 Å². The molecule has 0 spiro atoms. The lowest BCUT2D eigenvalue weighted by molar-refractivity contribution is -0.384. The minimum atomic E-state index is -0.465. The van der Waals surface area contributed by atoms with Crippen LogP contribution in [0.3, 0.4) is 0 Å². The Kier molecular flexibility index (Phi) is 6.16. The SMILES string of the molecule is N#C/C(=C/c1c(OCc2ccc(Cl)cc2)ccc2ccccc12)c1ccc([N+](=O)[O-])cc1. The molecule has 5 nitrogen and oxygen atoms in total. The molecular formula is C26H17ClN2O3. The van der Waals surface area contributed by atoms with Crippen molar-refractivity contribution in [2.75, 3.05) is 0 Å². The van der Waals surface area contributed by atoms with Gasteiger partial charge in [-0.1, -0.05) is 54.1 Å². The van der Waals surface area contributed by atoms with Gasteiger partial charge < -0.3 is 4.74 Å². The summed E-state index contributed by atoms with van der Waals surface area (Å²) in [5.74, 6) is 0.633. The van der Waals surface area contributed by atoms with Crippen molar-refractivity contribution in [2.45, 2.75) is 6.61 Å². The molecule has 0 radical (unpaired) electrons. The van der Waals surface area contributed by atoms with Gasteiger partial charge in [0.1, 0.15) is 12.4 Å². The third-order valence-electron chi connectivity index (χ3n) is 5.04. The zero-order valence-electron chi connectivity index (χ0n) is 16.9. The van der Waals surface area contributed by atoms with Gasteiger partial charge in [-0.05, 0) is 58.3 Å². The molecule has 6 heteroatoms. The molecule has 0 saturated heterocycles. The van der Waals surface area contributed by atoms with Gasteiger partial charge in [0.15, 0.2) is 0 Å². The summed E-state index contributed by atoms with van der Waals surface area (Å²) >= 11 is 5.96. The zero-order chi connectivity index (χ0) is 22.5. The van der Waals surface area contributed by atoms with Crippen LogP contribution in [0.25, 0.3) is 22.4 Å². The van der Waals surface area contributed by atoms with E-state index in [9.17, 15) is 15.4 Å². The van der Waals surface area contributed by atoms with Gasteiger partial charge in [-0.15, -0.1) is 0 Å². The number of hydrogen-bond donors (Lipinski definition) is 0. The number of allylic oxidation sites excluding steroid dienone is 1. The molecular weight excluding hydrogens is 424 g/mol. The second-order valence-electron chi connectivity index (χ2n) is 7.09. The van der Waals surface area contributed by atoms with Gasteiger partial charge >= 0.3 is 0 Å². The van der Waals surface area contributed by atoms with Crippen LogP contribution in [0.1, 0.15) is 16.7 Å². The second kappa shape index (κ2) is 9.34. The number of non-ortho nitro benzene ring substituents is 1. The van der Waals surface area contributed by atoms with Crippen LogP contribution in [-0.4, -0.2) is 4.92 Å². The summed E-state index contributed by atoms with van der Waals surface area (Å²) < 4.78 is 6.12. The van der Waals surface area contributed by atoms with Crippen molar-refractivity contribution in [3.63, 3.8) is 0 Å².